The largest absolute Gasteiger partial charge is 0.514 e. The van der Waals surface area contributed by atoms with Gasteiger partial charge < -0.3 is 9.31 Å². The van der Waals surface area contributed by atoms with E-state index in [1.165, 1.54) is 0 Å². The Labute approximate surface area is 125 Å². The van der Waals surface area contributed by atoms with Crippen molar-refractivity contribution in [2.24, 2.45) is 0 Å². The van der Waals surface area contributed by atoms with E-state index in [4.69, 9.17) is 9.31 Å². The number of hydrogen-bond acceptors (Lipinski definition) is 4. The van der Waals surface area contributed by atoms with Crippen molar-refractivity contribution in [3.63, 3.8) is 0 Å². The molecule has 0 aliphatic carbocycles. The lowest BCUT2D eigenvalue weighted by Crippen LogP contribution is -2.41. The van der Waals surface area contributed by atoms with E-state index >= 15 is 0 Å². The third-order valence-corrected chi connectivity index (χ3v) is 4.24. The number of hydrogen-bond donors (Lipinski definition) is 0. The van der Waals surface area contributed by atoms with Crippen LogP contribution in [-0.4, -0.2) is 28.3 Å². The monoisotopic (exact) mass is 282 g/mol. The standard InChI is InChI=1S/C16H19BN2O2/c1-15(2)16(3,4)21-17(20-15)14-11-12(8-10-19-14)13-7-5-6-9-18-13/h5-11H,1-4H3. The average Bonchev–Trinajstić information content (AvgIpc) is 2.69. The van der Waals surface area contributed by atoms with E-state index in [-0.39, 0.29) is 11.2 Å². The van der Waals surface area contributed by atoms with Crippen molar-refractivity contribution in [1.82, 2.24) is 9.97 Å². The maximum absolute atomic E-state index is 6.04. The number of aromatic nitrogens is 2. The predicted octanol–water partition coefficient (Wildman–Crippen LogP) is 2.44. The Hall–Kier alpha value is -1.72. The molecule has 0 unspecified atom stereocenters. The summed E-state index contributed by atoms with van der Waals surface area (Å²) in [6.07, 6.45) is 3.55. The van der Waals surface area contributed by atoms with E-state index < -0.39 is 7.12 Å². The molecule has 3 rings (SSSR count). The Bertz CT molecular complexity index is 628. The molecule has 1 aliphatic rings. The van der Waals surface area contributed by atoms with Crippen LogP contribution in [0, 0.1) is 0 Å². The van der Waals surface area contributed by atoms with Gasteiger partial charge in [0.1, 0.15) is 0 Å². The minimum atomic E-state index is -0.446. The fraction of sp³-hybridized carbons (Fsp3) is 0.375. The molecule has 0 bridgehead atoms. The maximum atomic E-state index is 6.04. The molecule has 0 N–H and O–H groups in total. The summed E-state index contributed by atoms with van der Waals surface area (Å²) in [5, 5.41) is 0. The summed E-state index contributed by atoms with van der Waals surface area (Å²) in [4.78, 5) is 8.76. The van der Waals surface area contributed by atoms with Gasteiger partial charge in [-0.3, -0.25) is 9.97 Å². The molecule has 0 spiro atoms. The first-order chi connectivity index (χ1) is 9.89. The van der Waals surface area contributed by atoms with Gasteiger partial charge in [0.05, 0.1) is 22.5 Å². The zero-order valence-electron chi connectivity index (χ0n) is 12.8. The van der Waals surface area contributed by atoms with Gasteiger partial charge >= 0.3 is 7.12 Å². The number of rotatable bonds is 2. The lowest BCUT2D eigenvalue weighted by Gasteiger charge is -2.32. The SMILES string of the molecule is CC1(C)OB(c2cc(-c3ccccn3)ccn2)OC1(C)C. The molecule has 108 valence electrons. The maximum Gasteiger partial charge on any atom is 0.514 e. The Kier molecular flexibility index (Phi) is 3.34. The quantitative estimate of drug-likeness (QED) is 0.794. The summed E-state index contributed by atoms with van der Waals surface area (Å²) in [6, 6.07) is 9.77. The van der Waals surface area contributed by atoms with Crippen molar-refractivity contribution in [3.05, 3.63) is 42.7 Å². The second-order valence-corrected chi connectivity index (χ2v) is 6.27. The molecule has 1 fully saturated rings. The molecule has 0 radical (unpaired) electrons. The minimum Gasteiger partial charge on any atom is -0.398 e. The Morgan fingerprint density at radius 3 is 2.24 bits per heavy atom. The van der Waals surface area contributed by atoms with Crippen LogP contribution in [0.4, 0.5) is 0 Å². The molecule has 0 amide bonds. The van der Waals surface area contributed by atoms with E-state index in [1.807, 2.05) is 58.0 Å². The fourth-order valence-electron chi connectivity index (χ4n) is 2.23. The number of pyridine rings is 2. The van der Waals surface area contributed by atoms with Gasteiger partial charge in [0.15, 0.2) is 0 Å². The molecule has 4 nitrogen and oxygen atoms in total. The summed E-state index contributed by atoms with van der Waals surface area (Å²) in [5.41, 5.74) is 1.98. The normalized spacial score (nSPS) is 19.7. The minimum absolute atomic E-state index is 0.361. The van der Waals surface area contributed by atoms with Crippen LogP contribution < -0.4 is 5.59 Å². The molecule has 2 aromatic heterocycles. The van der Waals surface area contributed by atoms with Crippen molar-refractivity contribution >= 4 is 12.7 Å². The summed E-state index contributed by atoms with van der Waals surface area (Å²) in [6.45, 7) is 8.15. The summed E-state index contributed by atoms with van der Waals surface area (Å²) in [7, 11) is -0.446. The highest BCUT2D eigenvalue weighted by molar-refractivity contribution is 6.61. The summed E-state index contributed by atoms with van der Waals surface area (Å²) >= 11 is 0. The topological polar surface area (TPSA) is 44.2 Å². The fourth-order valence-corrected chi connectivity index (χ4v) is 2.23. The smallest absolute Gasteiger partial charge is 0.398 e. The molecular formula is C16H19BN2O2. The molecule has 0 saturated carbocycles. The number of nitrogens with zero attached hydrogens (tertiary/aromatic N) is 2. The van der Waals surface area contributed by atoms with Crippen LogP contribution in [0.15, 0.2) is 42.7 Å². The molecule has 1 aliphatic heterocycles. The lowest BCUT2D eigenvalue weighted by molar-refractivity contribution is 0.00578. The van der Waals surface area contributed by atoms with Crippen LogP contribution in [-0.2, 0) is 9.31 Å². The molecular weight excluding hydrogens is 263 g/mol. The third kappa shape index (κ3) is 2.59. The predicted molar refractivity (Wildman–Crippen MR) is 83.2 cm³/mol. The van der Waals surface area contributed by atoms with Gasteiger partial charge in [-0.15, -0.1) is 0 Å². The van der Waals surface area contributed by atoms with Crippen LogP contribution in [0.5, 0.6) is 0 Å². The molecule has 1 saturated heterocycles. The van der Waals surface area contributed by atoms with E-state index in [0.29, 0.717) is 0 Å². The van der Waals surface area contributed by atoms with Gasteiger partial charge in [0, 0.05) is 18.0 Å². The van der Waals surface area contributed by atoms with Gasteiger partial charge in [-0.1, -0.05) is 6.07 Å². The second kappa shape index (κ2) is 4.93. The van der Waals surface area contributed by atoms with Gasteiger partial charge in [0.2, 0.25) is 0 Å². The highest BCUT2D eigenvalue weighted by atomic mass is 16.7. The molecule has 3 heterocycles. The van der Waals surface area contributed by atoms with E-state index in [9.17, 15) is 0 Å². The lowest BCUT2D eigenvalue weighted by atomic mass is 9.83. The first-order valence-electron chi connectivity index (χ1n) is 7.12. The highest BCUT2D eigenvalue weighted by Crippen LogP contribution is 2.36. The van der Waals surface area contributed by atoms with Gasteiger partial charge in [-0.25, -0.2) is 0 Å². The van der Waals surface area contributed by atoms with Crippen molar-refractivity contribution in [3.8, 4) is 11.3 Å². The first-order valence-corrected chi connectivity index (χ1v) is 7.12. The van der Waals surface area contributed by atoms with E-state index in [1.54, 1.807) is 12.4 Å². The van der Waals surface area contributed by atoms with Crippen LogP contribution in [0.2, 0.25) is 0 Å². The van der Waals surface area contributed by atoms with Crippen molar-refractivity contribution in [2.45, 2.75) is 38.9 Å². The second-order valence-electron chi connectivity index (χ2n) is 6.27. The Morgan fingerprint density at radius 2 is 1.62 bits per heavy atom. The highest BCUT2D eigenvalue weighted by Gasteiger charge is 2.52. The Balaban J connectivity index is 1.92. The zero-order valence-corrected chi connectivity index (χ0v) is 12.8. The summed E-state index contributed by atoms with van der Waals surface area (Å²) in [5.74, 6) is 0. The van der Waals surface area contributed by atoms with Crippen LogP contribution in [0.25, 0.3) is 11.3 Å². The van der Waals surface area contributed by atoms with Crippen LogP contribution in [0.3, 0.4) is 0 Å². The van der Waals surface area contributed by atoms with Crippen LogP contribution >= 0.6 is 0 Å². The van der Waals surface area contributed by atoms with Crippen molar-refractivity contribution in [2.75, 3.05) is 0 Å². The van der Waals surface area contributed by atoms with Crippen molar-refractivity contribution < 1.29 is 9.31 Å². The zero-order chi connectivity index (χ0) is 15.1. The summed E-state index contributed by atoms with van der Waals surface area (Å²) < 4.78 is 12.1. The van der Waals surface area contributed by atoms with Gasteiger partial charge in [0.25, 0.3) is 0 Å². The van der Waals surface area contributed by atoms with Gasteiger partial charge in [-0.05, 0) is 52.0 Å². The molecule has 0 atom stereocenters. The van der Waals surface area contributed by atoms with Crippen LogP contribution in [0.1, 0.15) is 27.7 Å². The molecule has 5 heteroatoms. The van der Waals surface area contributed by atoms with E-state index in [2.05, 4.69) is 9.97 Å². The average molecular weight is 282 g/mol. The van der Waals surface area contributed by atoms with Crippen molar-refractivity contribution in [1.29, 1.82) is 0 Å². The molecule has 2 aromatic rings. The molecule has 0 aromatic carbocycles. The first kappa shape index (κ1) is 14.2. The Morgan fingerprint density at radius 1 is 0.905 bits per heavy atom. The third-order valence-electron chi connectivity index (χ3n) is 4.24. The van der Waals surface area contributed by atoms with E-state index in [0.717, 1.165) is 16.9 Å². The molecule has 21 heavy (non-hydrogen) atoms. The van der Waals surface area contributed by atoms with Gasteiger partial charge in [-0.2, -0.15) is 0 Å².